The summed E-state index contributed by atoms with van der Waals surface area (Å²) in [6.45, 7) is 2.63. The number of nitrogens with zero attached hydrogens (tertiary/aromatic N) is 1. The lowest BCUT2D eigenvalue weighted by atomic mass is 9.73. The normalized spacial score (nSPS) is 18.3. The first kappa shape index (κ1) is 27.9. The Morgan fingerprint density at radius 1 is 0.844 bits per heavy atom. The van der Waals surface area contributed by atoms with Crippen molar-refractivity contribution < 1.29 is 9.53 Å². The molecule has 0 aromatic heterocycles. The van der Waals surface area contributed by atoms with E-state index in [-0.39, 0.29) is 5.41 Å². The summed E-state index contributed by atoms with van der Waals surface area (Å²) in [5, 5.41) is 6.26. The zero-order chi connectivity index (χ0) is 30.4. The van der Waals surface area contributed by atoms with Gasteiger partial charge >= 0.3 is 0 Å². The van der Waals surface area contributed by atoms with Crippen molar-refractivity contribution in [1.29, 1.82) is 0 Å². The van der Waals surface area contributed by atoms with Gasteiger partial charge in [0.05, 0.1) is 7.11 Å². The highest BCUT2D eigenvalue weighted by atomic mass is 16.5. The molecule has 1 N–H and O–H groups in total. The van der Waals surface area contributed by atoms with Gasteiger partial charge in [-0.15, -0.1) is 0 Å². The summed E-state index contributed by atoms with van der Waals surface area (Å²) in [6, 6.07) is 37.5. The van der Waals surface area contributed by atoms with Gasteiger partial charge in [-0.3, -0.25) is 4.79 Å². The topological polar surface area (TPSA) is 41.6 Å². The van der Waals surface area contributed by atoms with Crippen molar-refractivity contribution in [3.05, 3.63) is 120 Å². The number of carbonyl (C=O) groups is 1. The molecule has 0 bridgehead atoms. The molecule has 1 atom stereocenters. The smallest absolute Gasteiger partial charge is 0.222 e. The van der Waals surface area contributed by atoms with Crippen LogP contribution in [0.5, 0.6) is 5.75 Å². The van der Waals surface area contributed by atoms with Crippen molar-refractivity contribution in [1.82, 2.24) is 4.90 Å². The zero-order valence-electron chi connectivity index (χ0n) is 26.0. The fourth-order valence-electron chi connectivity index (χ4n) is 8.11. The van der Waals surface area contributed by atoms with E-state index < -0.39 is 0 Å². The van der Waals surface area contributed by atoms with E-state index >= 15 is 0 Å². The van der Waals surface area contributed by atoms with Crippen LogP contribution in [0, 0.1) is 5.92 Å². The fourth-order valence-corrected chi connectivity index (χ4v) is 8.11. The van der Waals surface area contributed by atoms with Crippen LogP contribution in [-0.2, 0) is 23.1 Å². The average molecular weight is 593 g/mol. The van der Waals surface area contributed by atoms with E-state index in [0.29, 0.717) is 18.2 Å². The largest absolute Gasteiger partial charge is 0.497 e. The maximum Gasteiger partial charge on any atom is 0.222 e. The Bertz CT molecular complexity index is 1880. The summed E-state index contributed by atoms with van der Waals surface area (Å²) in [5.74, 6) is 1.69. The van der Waals surface area contributed by atoms with Crippen molar-refractivity contribution in [2.45, 2.75) is 43.9 Å². The number of anilines is 1. The van der Waals surface area contributed by atoms with Gasteiger partial charge in [0.2, 0.25) is 5.91 Å². The fraction of sp³-hybridized carbons (Fsp3) is 0.293. The Hall–Kier alpha value is -4.57. The number of rotatable bonds is 5. The highest BCUT2D eigenvalue weighted by Crippen LogP contribution is 2.46. The van der Waals surface area contributed by atoms with Crippen molar-refractivity contribution in [2.75, 3.05) is 32.1 Å². The van der Waals surface area contributed by atoms with E-state index in [9.17, 15) is 4.79 Å². The van der Waals surface area contributed by atoms with Crippen LogP contribution in [0.4, 0.5) is 5.69 Å². The van der Waals surface area contributed by atoms with E-state index in [0.717, 1.165) is 57.5 Å². The third-order valence-electron chi connectivity index (χ3n) is 10.8. The molecule has 3 aliphatic rings. The van der Waals surface area contributed by atoms with Crippen LogP contribution in [0.1, 0.15) is 42.4 Å². The molecule has 1 amide bonds. The number of amides is 1. The minimum absolute atomic E-state index is 0.0911. The van der Waals surface area contributed by atoms with Crippen LogP contribution in [0.2, 0.25) is 0 Å². The van der Waals surface area contributed by atoms with E-state index in [1.165, 1.54) is 55.4 Å². The van der Waals surface area contributed by atoms with Crippen LogP contribution < -0.4 is 10.1 Å². The minimum atomic E-state index is 0.0911. The molecule has 1 fully saturated rings. The number of nitrogens with one attached hydrogen (secondary N) is 1. The highest BCUT2D eigenvalue weighted by molar-refractivity contribution is 5.96. The van der Waals surface area contributed by atoms with Crippen molar-refractivity contribution in [3.63, 3.8) is 0 Å². The number of benzene rings is 5. The molecule has 2 heterocycles. The Kier molecular flexibility index (Phi) is 7.09. The van der Waals surface area contributed by atoms with Crippen molar-refractivity contribution >= 4 is 22.4 Å². The van der Waals surface area contributed by atoms with E-state index in [1.807, 2.05) is 6.07 Å². The molecule has 0 saturated carbocycles. The van der Waals surface area contributed by atoms with E-state index in [2.05, 4.69) is 107 Å². The Labute approximate surface area is 266 Å². The number of fused-ring (bicyclic) bond motifs is 4. The molecule has 2 aliphatic heterocycles. The van der Waals surface area contributed by atoms with Crippen molar-refractivity contribution in [2.24, 2.45) is 5.92 Å². The number of hydrogen-bond donors (Lipinski definition) is 1. The standard InChI is InChI=1S/C41H40N2O2/c1-45-35-17-15-32-23-28(9-10-33(32)25-35)24-40(44)43-21-19-41(20-22-43)27-42-39-18-16-34(26-38(39)41)29-11-13-31(14-12-29)37-8-4-6-30-5-2-3-7-36(30)37/h2-8,11-18,25-26,28,42H,9-10,19-24,27H2,1H3. The van der Waals surface area contributed by atoms with Gasteiger partial charge in [-0.05, 0) is 112 Å². The number of piperidine rings is 1. The molecule has 226 valence electrons. The predicted octanol–water partition coefficient (Wildman–Crippen LogP) is 8.66. The van der Waals surface area contributed by atoms with E-state index in [1.54, 1.807) is 7.11 Å². The molecule has 5 aromatic carbocycles. The number of ether oxygens (including phenoxy) is 1. The molecule has 4 heteroatoms. The number of hydrogen-bond acceptors (Lipinski definition) is 3. The number of carbonyl (C=O) groups excluding carboxylic acids is 1. The summed E-state index contributed by atoms with van der Waals surface area (Å²) >= 11 is 0. The molecule has 1 saturated heterocycles. The summed E-state index contributed by atoms with van der Waals surface area (Å²) in [7, 11) is 1.72. The molecule has 1 unspecified atom stereocenters. The van der Waals surface area contributed by atoms with Gasteiger partial charge in [0.25, 0.3) is 0 Å². The van der Waals surface area contributed by atoms with Crippen LogP contribution in [0.3, 0.4) is 0 Å². The SMILES string of the molecule is COc1ccc2c(c1)CCC(CC(=O)N1CCC3(CC1)CNc1ccc(-c4ccc(-c5cccc6ccccc56)cc4)cc13)C2. The third kappa shape index (κ3) is 5.16. The second-order valence-electron chi connectivity index (χ2n) is 13.3. The van der Waals surface area contributed by atoms with Gasteiger partial charge in [-0.2, -0.15) is 0 Å². The van der Waals surface area contributed by atoms with Gasteiger partial charge in [-0.1, -0.05) is 78.9 Å². The molecular weight excluding hydrogens is 552 g/mol. The van der Waals surface area contributed by atoms with Gasteiger partial charge in [0.1, 0.15) is 5.75 Å². The molecule has 0 radical (unpaired) electrons. The molecule has 5 aromatic rings. The number of aryl methyl sites for hydroxylation is 1. The van der Waals surface area contributed by atoms with Crippen LogP contribution in [0.15, 0.2) is 103 Å². The summed E-state index contributed by atoms with van der Waals surface area (Å²) in [6.07, 6.45) is 5.78. The molecule has 8 rings (SSSR count). The lowest BCUT2D eigenvalue weighted by Crippen LogP contribution is -2.46. The lowest BCUT2D eigenvalue weighted by molar-refractivity contribution is -0.133. The maximum atomic E-state index is 13.5. The first-order valence-corrected chi connectivity index (χ1v) is 16.5. The predicted molar refractivity (Wildman–Crippen MR) is 184 cm³/mol. The van der Waals surface area contributed by atoms with Gasteiger partial charge in [-0.25, -0.2) is 0 Å². The van der Waals surface area contributed by atoms with Gasteiger partial charge in [0.15, 0.2) is 0 Å². The van der Waals surface area contributed by atoms with Crippen LogP contribution in [0.25, 0.3) is 33.0 Å². The van der Waals surface area contributed by atoms with Gasteiger partial charge in [0, 0.05) is 37.2 Å². The maximum absolute atomic E-state index is 13.5. The second kappa shape index (κ2) is 11.4. The highest BCUT2D eigenvalue weighted by Gasteiger charge is 2.42. The molecule has 1 spiro atoms. The van der Waals surface area contributed by atoms with Crippen LogP contribution >= 0.6 is 0 Å². The summed E-state index contributed by atoms with van der Waals surface area (Å²) in [5.41, 5.74) is 10.5. The Balaban J connectivity index is 0.947. The number of likely N-dealkylation sites (tertiary alicyclic amines) is 1. The molecule has 45 heavy (non-hydrogen) atoms. The van der Waals surface area contributed by atoms with Crippen molar-refractivity contribution in [3.8, 4) is 28.0 Å². The quantitative estimate of drug-likeness (QED) is 0.222. The summed E-state index contributed by atoms with van der Waals surface area (Å²) in [4.78, 5) is 15.6. The Morgan fingerprint density at radius 3 is 2.47 bits per heavy atom. The zero-order valence-corrected chi connectivity index (χ0v) is 26.0. The number of methoxy groups -OCH3 is 1. The first-order valence-electron chi connectivity index (χ1n) is 16.5. The van der Waals surface area contributed by atoms with Crippen LogP contribution in [-0.4, -0.2) is 37.6 Å². The van der Waals surface area contributed by atoms with Gasteiger partial charge < -0.3 is 15.0 Å². The first-order chi connectivity index (χ1) is 22.1. The van der Waals surface area contributed by atoms with E-state index in [4.69, 9.17) is 4.74 Å². The third-order valence-corrected chi connectivity index (χ3v) is 10.8. The minimum Gasteiger partial charge on any atom is -0.497 e. The lowest BCUT2D eigenvalue weighted by Gasteiger charge is -2.40. The summed E-state index contributed by atoms with van der Waals surface area (Å²) < 4.78 is 5.41. The Morgan fingerprint density at radius 2 is 1.62 bits per heavy atom. The molecule has 4 nitrogen and oxygen atoms in total. The second-order valence-corrected chi connectivity index (χ2v) is 13.3. The molecular formula is C41H40N2O2. The molecule has 1 aliphatic carbocycles. The monoisotopic (exact) mass is 592 g/mol. The average Bonchev–Trinajstić information content (AvgIpc) is 3.44.